The number of aromatic nitrogens is 3. The molecule has 11 heteroatoms. The van der Waals surface area contributed by atoms with Crippen molar-refractivity contribution in [2.24, 2.45) is 5.41 Å². The minimum atomic E-state index is -2.35. The number of aliphatic hydroxyl groups is 1. The summed E-state index contributed by atoms with van der Waals surface area (Å²) in [6.45, 7) is 4.80. The molecule has 2 aliphatic heterocycles. The van der Waals surface area contributed by atoms with E-state index >= 15 is 0 Å². The lowest BCUT2D eigenvalue weighted by Gasteiger charge is -2.59. The molecular formula is C23H29F2N5O4. The fraction of sp³-hybridized carbons (Fsp3) is 0.652. The molecule has 34 heavy (non-hydrogen) atoms. The maximum atomic E-state index is 13.5. The largest absolute Gasteiger partial charge is 0.389 e. The average molecular weight is 478 g/mol. The van der Waals surface area contributed by atoms with Gasteiger partial charge in [-0.25, -0.2) is 13.8 Å². The Labute approximate surface area is 195 Å². The van der Waals surface area contributed by atoms with Crippen molar-refractivity contribution in [3.63, 3.8) is 0 Å². The van der Waals surface area contributed by atoms with Gasteiger partial charge >= 0.3 is 0 Å². The summed E-state index contributed by atoms with van der Waals surface area (Å²) in [6.07, 6.45) is 0.500. The molecule has 2 aromatic heterocycles. The van der Waals surface area contributed by atoms with E-state index in [2.05, 4.69) is 15.3 Å². The molecule has 2 N–H and O–H groups in total. The lowest BCUT2D eigenvalue weighted by molar-refractivity contribution is -0.104. The lowest BCUT2D eigenvalue weighted by atomic mass is 9.60. The number of likely N-dealkylation sites (tertiary alicyclic amines) is 1. The van der Waals surface area contributed by atoms with Crippen LogP contribution in [0.1, 0.15) is 48.1 Å². The van der Waals surface area contributed by atoms with Gasteiger partial charge in [-0.15, -0.1) is 0 Å². The molecule has 2 saturated heterocycles. The molecule has 1 aliphatic carbocycles. The van der Waals surface area contributed by atoms with E-state index < -0.39 is 12.5 Å². The molecule has 9 nitrogen and oxygen atoms in total. The van der Waals surface area contributed by atoms with Gasteiger partial charge in [0.2, 0.25) is 5.95 Å². The number of rotatable bonds is 6. The molecule has 0 unspecified atom stereocenters. The highest BCUT2D eigenvalue weighted by Crippen LogP contribution is 2.54. The first kappa shape index (κ1) is 23.3. The minimum Gasteiger partial charge on any atom is -0.389 e. The van der Waals surface area contributed by atoms with E-state index in [4.69, 9.17) is 4.74 Å². The highest BCUT2D eigenvalue weighted by Gasteiger charge is 2.53. The van der Waals surface area contributed by atoms with E-state index in [0.29, 0.717) is 61.5 Å². The second-order valence-electron chi connectivity index (χ2n) is 9.97. The van der Waals surface area contributed by atoms with Crippen LogP contribution in [-0.2, 0) is 4.74 Å². The first-order valence-corrected chi connectivity index (χ1v) is 11.6. The third-order valence-corrected chi connectivity index (χ3v) is 7.42. The van der Waals surface area contributed by atoms with Crippen molar-refractivity contribution >= 4 is 22.8 Å². The number of pyridine rings is 1. The molecule has 2 aromatic rings. The monoisotopic (exact) mass is 477 g/mol. The third kappa shape index (κ3) is 3.99. The Morgan fingerprint density at radius 3 is 2.76 bits per heavy atom. The van der Waals surface area contributed by atoms with Crippen LogP contribution in [0.25, 0.3) is 11.0 Å². The molecule has 1 saturated carbocycles. The van der Waals surface area contributed by atoms with E-state index in [1.54, 1.807) is 22.6 Å². The van der Waals surface area contributed by atoms with E-state index in [-0.39, 0.29) is 47.6 Å². The number of ketones is 1. The number of carbonyl (C=O) groups is 1. The van der Waals surface area contributed by atoms with Gasteiger partial charge < -0.3 is 15.2 Å². The van der Waals surface area contributed by atoms with E-state index in [1.165, 1.54) is 6.92 Å². The number of halogens is 2. The fourth-order valence-corrected chi connectivity index (χ4v) is 5.82. The standard InChI is InChI=1S/C23H29F2N5O4/c1-12-15-7-26-22(27-16-3-4-34-9-17(16)32)28-20(15)30(21(33)19(12)13(2)31)14-5-23(6-14)10-29(11-23)8-18(24)25/h7,14,16-18,32H,3-6,8-11H2,1-2H3,(H,26,27,28)/t16-,17-/m1/s1. The highest BCUT2D eigenvalue weighted by molar-refractivity contribution is 5.99. The second-order valence-corrected chi connectivity index (χ2v) is 9.97. The van der Waals surface area contributed by atoms with Crippen molar-refractivity contribution < 1.29 is 23.4 Å². The molecule has 1 spiro atoms. The number of Topliss-reactive ketones (excluding diaryl/α,β-unsaturated/α-hetero) is 1. The number of aryl methyl sites for hydroxylation is 1. The van der Waals surface area contributed by atoms with Crippen LogP contribution in [0.5, 0.6) is 0 Å². The van der Waals surface area contributed by atoms with Gasteiger partial charge in [0, 0.05) is 37.3 Å². The van der Waals surface area contributed by atoms with Gasteiger partial charge in [0.25, 0.3) is 12.0 Å². The maximum absolute atomic E-state index is 13.5. The summed E-state index contributed by atoms with van der Waals surface area (Å²) in [5.74, 6) is -0.0196. The zero-order valence-corrected chi connectivity index (χ0v) is 19.3. The Morgan fingerprint density at radius 1 is 1.38 bits per heavy atom. The summed E-state index contributed by atoms with van der Waals surface area (Å²) in [4.78, 5) is 36.6. The van der Waals surface area contributed by atoms with Crippen LogP contribution < -0.4 is 10.9 Å². The molecule has 0 aromatic carbocycles. The third-order valence-electron chi connectivity index (χ3n) is 7.42. The van der Waals surface area contributed by atoms with Crippen LogP contribution in [0.15, 0.2) is 11.0 Å². The average Bonchev–Trinajstić information content (AvgIpc) is 2.71. The fourth-order valence-electron chi connectivity index (χ4n) is 5.82. The highest BCUT2D eigenvalue weighted by atomic mass is 19.3. The first-order valence-electron chi connectivity index (χ1n) is 11.6. The van der Waals surface area contributed by atoms with Gasteiger partial charge in [-0.1, -0.05) is 0 Å². The zero-order chi connectivity index (χ0) is 24.2. The predicted molar refractivity (Wildman–Crippen MR) is 121 cm³/mol. The van der Waals surface area contributed by atoms with Crippen molar-refractivity contribution in [2.45, 2.75) is 57.7 Å². The smallest absolute Gasteiger partial charge is 0.263 e. The van der Waals surface area contributed by atoms with Crippen molar-refractivity contribution in [2.75, 3.05) is 38.2 Å². The topological polar surface area (TPSA) is 110 Å². The normalized spacial score (nSPS) is 24.9. The van der Waals surface area contributed by atoms with E-state index in [1.807, 2.05) is 0 Å². The summed E-state index contributed by atoms with van der Waals surface area (Å²) in [7, 11) is 0. The molecule has 2 atom stereocenters. The van der Waals surface area contributed by atoms with Crippen LogP contribution in [0.2, 0.25) is 0 Å². The maximum Gasteiger partial charge on any atom is 0.263 e. The molecule has 184 valence electrons. The Kier molecular flexibility index (Phi) is 5.89. The van der Waals surface area contributed by atoms with Gasteiger partial charge in [0.15, 0.2) is 5.78 Å². The predicted octanol–water partition coefficient (Wildman–Crippen LogP) is 1.77. The van der Waals surface area contributed by atoms with Crippen LogP contribution in [0.4, 0.5) is 14.7 Å². The van der Waals surface area contributed by atoms with Crippen LogP contribution in [0, 0.1) is 12.3 Å². The quantitative estimate of drug-likeness (QED) is 0.606. The van der Waals surface area contributed by atoms with Gasteiger partial charge in [0.1, 0.15) is 5.65 Å². The number of aliphatic hydroxyl groups excluding tert-OH is 1. The lowest BCUT2D eigenvalue weighted by Crippen LogP contribution is -2.63. The number of hydrogen-bond donors (Lipinski definition) is 2. The number of ether oxygens (including phenoxy) is 1. The number of anilines is 1. The summed E-state index contributed by atoms with van der Waals surface area (Å²) in [5, 5.41) is 14.0. The summed E-state index contributed by atoms with van der Waals surface area (Å²) in [5.41, 5.74) is 0.673. The molecule has 0 bridgehead atoms. The Bertz CT molecular complexity index is 1170. The number of hydrogen-bond acceptors (Lipinski definition) is 8. The van der Waals surface area contributed by atoms with Gasteiger partial charge in [-0.3, -0.25) is 19.1 Å². The van der Waals surface area contributed by atoms with Crippen LogP contribution in [-0.4, -0.2) is 81.7 Å². The number of nitrogens with one attached hydrogen (secondary N) is 1. The Morgan fingerprint density at radius 2 is 2.12 bits per heavy atom. The molecule has 0 radical (unpaired) electrons. The summed E-state index contributed by atoms with van der Waals surface area (Å²) in [6, 6.07) is -0.439. The van der Waals surface area contributed by atoms with Gasteiger partial charge in [-0.05, 0) is 44.1 Å². The first-order chi connectivity index (χ1) is 16.2. The molecular weight excluding hydrogens is 448 g/mol. The second kappa shape index (κ2) is 8.62. The summed E-state index contributed by atoms with van der Waals surface area (Å²) < 4.78 is 32.2. The Hall–Kier alpha value is -2.50. The molecule has 4 heterocycles. The number of nitrogens with zero attached hydrogens (tertiary/aromatic N) is 4. The molecule has 3 aliphatic rings. The minimum absolute atomic E-state index is 0.0626. The SMILES string of the molecule is CC(=O)c1c(C)c2cnc(N[C@@H]3CCOC[C@H]3O)nc2n(C2CC3(C2)CN(CC(F)F)C3)c1=O. The van der Waals surface area contributed by atoms with Crippen molar-refractivity contribution in [3.05, 3.63) is 27.7 Å². The van der Waals surface area contributed by atoms with Crippen molar-refractivity contribution in [3.8, 4) is 0 Å². The summed E-state index contributed by atoms with van der Waals surface area (Å²) >= 11 is 0. The van der Waals surface area contributed by atoms with Gasteiger partial charge in [-0.2, -0.15) is 4.98 Å². The number of alkyl halides is 2. The van der Waals surface area contributed by atoms with Gasteiger partial charge in [0.05, 0.1) is 30.9 Å². The molecule has 5 rings (SSSR count). The Balaban J connectivity index is 1.48. The zero-order valence-electron chi connectivity index (χ0n) is 19.3. The number of carbonyl (C=O) groups excluding carboxylic acids is 1. The molecule has 0 amide bonds. The van der Waals surface area contributed by atoms with Crippen LogP contribution in [0.3, 0.4) is 0 Å². The van der Waals surface area contributed by atoms with E-state index in [9.17, 15) is 23.5 Å². The number of fused-ring (bicyclic) bond motifs is 1. The molecule has 3 fully saturated rings. The van der Waals surface area contributed by atoms with Crippen LogP contribution >= 0.6 is 0 Å². The van der Waals surface area contributed by atoms with Crippen molar-refractivity contribution in [1.29, 1.82) is 0 Å². The van der Waals surface area contributed by atoms with Crippen molar-refractivity contribution in [1.82, 2.24) is 19.4 Å². The van der Waals surface area contributed by atoms with E-state index in [0.717, 1.165) is 0 Å².